The summed E-state index contributed by atoms with van der Waals surface area (Å²) in [6, 6.07) is 3.99. The molecular weight excluding hydrogens is 224 g/mol. The van der Waals surface area contributed by atoms with E-state index in [1.54, 1.807) is 6.20 Å². The molecule has 0 radical (unpaired) electrons. The highest BCUT2D eigenvalue weighted by Gasteiger charge is 2.17. The van der Waals surface area contributed by atoms with Crippen LogP contribution < -0.4 is 5.32 Å². The molecule has 1 aromatic heterocycles. The van der Waals surface area contributed by atoms with Gasteiger partial charge < -0.3 is 10.4 Å². The van der Waals surface area contributed by atoms with Crippen LogP contribution >= 0.6 is 11.6 Å². The molecule has 0 saturated carbocycles. The number of pyridine rings is 1. The van der Waals surface area contributed by atoms with Crippen molar-refractivity contribution >= 4 is 11.6 Å². The molecule has 3 nitrogen and oxygen atoms in total. The fourth-order valence-corrected chi connectivity index (χ4v) is 1.47. The van der Waals surface area contributed by atoms with Crippen molar-refractivity contribution in [1.82, 2.24) is 10.3 Å². The molecule has 0 aliphatic heterocycles. The van der Waals surface area contributed by atoms with Gasteiger partial charge in [-0.05, 0) is 24.6 Å². The van der Waals surface area contributed by atoms with Crippen molar-refractivity contribution in [3.63, 3.8) is 0 Å². The van der Waals surface area contributed by atoms with Crippen LogP contribution in [0.4, 0.5) is 0 Å². The Morgan fingerprint density at radius 3 is 2.81 bits per heavy atom. The topological polar surface area (TPSA) is 45.1 Å². The van der Waals surface area contributed by atoms with E-state index in [0.717, 1.165) is 12.1 Å². The number of halogens is 1. The lowest BCUT2D eigenvalue weighted by Crippen LogP contribution is -2.33. The molecule has 1 heterocycles. The monoisotopic (exact) mass is 242 g/mol. The number of aliphatic hydroxyl groups excluding tert-OH is 1. The predicted octanol–water partition coefficient (Wildman–Crippen LogP) is 2.40. The molecule has 0 bridgehead atoms. The van der Waals surface area contributed by atoms with E-state index in [1.807, 2.05) is 26.0 Å². The Balaban J connectivity index is 2.56. The summed E-state index contributed by atoms with van der Waals surface area (Å²) in [5, 5.41) is 13.0. The summed E-state index contributed by atoms with van der Waals surface area (Å²) in [6.07, 6.45) is 1.70. The average molecular weight is 243 g/mol. The van der Waals surface area contributed by atoms with Crippen LogP contribution in [-0.4, -0.2) is 23.2 Å². The van der Waals surface area contributed by atoms with Crippen LogP contribution in [0, 0.1) is 5.41 Å². The zero-order valence-corrected chi connectivity index (χ0v) is 10.8. The molecule has 16 heavy (non-hydrogen) atoms. The zero-order valence-electron chi connectivity index (χ0n) is 10.00. The van der Waals surface area contributed by atoms with Gasteiger partial charge in [-0.25, -0.2) is 4.98 Å². The van der Waals surface area contributed by atoms with E-state index >= 15 is 0 Å². The van der Waals surface area contributed by atoms with Gasteiger partial charge in [-0.15, -0.1) is 0 Å². The van der Waals surface area contributed by atoms with Crippen molar-refractivity contribution < 1.29 is 5.11 Å². The molecule has 0 spiro atoms. The lowest BCUT2D eigenvalue weighted by Gasteiger charge is -2.25. The first-order valence-electron chi connectivity index (χ1n) is 5.40. The first-order chi connectivity index (χ1) is 7.44. The van der Waals surface area contributed by atoms with Gasteiger partial charge in [-0.1, -0.05) is 25.4 Å². The molecule has 0 aliphatic carbocycles. The van der Waals surface area contributed by atoms with E-state index in [0.29, 0.717) is 5.15 Å². The van der Waals surface area contributed by atoms with Crippen LogP contribution in [0.2, 0.25) is 5.15 Å². The first kappa shape index (κ1) is 13.4. The average Bonchev–Trinajstić information content (AvgIpc) is 2.26. The molecule has 90 valence electrons. The molecule has 0 saturated heterocycles. The minimum Gasteiger partial charge on any atom is -0.396 e. The number of nitrogens with one attached hydrogen (secondary N) is 1. The normalized spacial score (nSPS) is 13.8. The second-order valence-electron chi connectivity index (χ2n) is 4.84. The molecule has 1 rings (SSSR count). The van der Waals surface area contributed by atoms with Crippen LogP contribution in [0.25, 0.3) is 0 Å². The summed E-state index contributed by atoms with van der Waals surface area (Å²) in [4.78, 5) is 3.94. The third-order valence-electron chi connectivity index (χ3n) is 2.57. The van der Waals surface area contributed by atoms with Crippen LogP contribution in [0.1, 0.15) is 32.4 Å². The Kier molecular flexibility index (Phi) is 4.71. The number of nitrogens with zero attached hydrogens (tertiary/aromatic N) is 1. The SMILES string of the molecule is CC(NCC(C)(C)CO)c1ccnc(Cl)c1. The number of hydrogen-bond donors (Lipinski definition) is 2. The third kappa shape index (κ3) is 4.08. The van der Waals surface area contributed by atoms with Gasteiger partial charge in [0.2, 0.25) is 0 Å². The molecule has 0 amide bonds. The standard InChI is InChI=1S/C12H19ClN2O/c1-9(15-7-12(2,3)8-16)10-4-5-14-11(13)6-10/h4-6,9,15-16H,7-8H2,1-3H3. The van der Waals surface area contributed by atoms with Gasteiger partial charge in [0.05, 0.1) is 0 Å². The Morgan fingerprint density at radius 1 is 1.56 bits per heavy atom. The second-order valence-corrected chi connectivity index (χ2v) is 5.22. The van der Waals surface area contributed by atoms with E-state index in [-0.39, 0.29) is 18.1 Å². The van der Waals surface area contributed by atoms with Crippen molar-refractivity contribution in [3.8, 4) is 0 Å². The molecule has 1 unspecified atom stereocenters. The third-order valence-corrected chi connectivity index (χ3v) is 2.77. The molecule has 1 atom stereocenters. The second kappa shape index (κ2) is 5.62. The fourth-order valence-electron chi connectivity index (χ4n) is 1.29. The van der Waals surface area contributed by atoms with E-state index < -0.39 is 0 Å². The van der Waals surface area contributed by atoms with Crippen LogP contribution in [0.3, 0.4) is 0 Å². The summed E-state index contributed by atoms with van der Waals surface area (Å²) < 4.78 is 0. The number of hydrogen-bond acceptors (Lipinski definition) is 3. The predicted molar refractivity (Wildman–Crippen MR) is 66.5 cm³/mol. The Morgan fingerprint density at radius 2 is 2.25 bits per heavy atom. The quantitative estimate of drug-likeness (QED) is 0.780. The van der Waals surface area contributed by atoms with Gasteiger partial charge >= 0.3 is 0 Å². The van der Waals surface area contributed by atoms with Crippen LogP contribution in [0.5, 0.6) is 0 Å². The van der Waals surface area contributed by atoms with Crippen molar-refractivity contribution in [1.29, 1.82) is 0 Å². The minimum atomic E-state index is -0.106. The van der Waals surface area contributed by atoms with Crippen molar-refractivity contribution in [2.24, 2.45) is 5.41 Å². The molecule has 4 heteroatoms. The Bertz CT molecular complexity index is 342. The maximum Gasteiger partial charge on any atom is 0.129 e. The van der Waals surface area contributed by atoms with E-state index in [2.05, 4.69) is 17.2 Å². The highest BCUT2D eigenvalue weighted by Crippen LogP contribution is 2.18. The highest BCUT2D eigenvalue weighted by molar-refractivity contribution is 6.29. The van der Waals surface area contributed by atoms with Crippen molar-refractivity contribution in [3.05, 3.63) is 29.0 Å². The Labute approximate surface area is 102 Å². The molecule has 2 N–H and O–H groups in total. The molecular formula is C12H19ClN2O. The maximum atomic E-state index is 9.15. The molecule has 0 aromatic carbocycles. The summed E-state index contributed by atoms with van der Waals surface area (Å²) >= 11 is 5.83. The summed E-state index contributed by atoms with van der Waals surface area (Å²) in [5.74, 6) is 0. The Hall–Kier alpha value is -0.640. The zero-order chi connectivity index (χ0) is 12.2. The van der Waals surface area contributed by atoms with Gasteiger partial charge in [-0.3, -0.25) is 0 Å². The van der Waals surface area contributed by atoms with Crippen molar-refractivity contribution in [2.45, 2.75) is 26.8 Å². The molecule has 1 aromatic rings. The molecule has 0 aliphatic rings. The molecule has 0 fully saturated rings. The first-order valence-corrected chi connectivity index (χ1v) is 5.78. The minimum absolute atomic E-state index is 0.106. The van der Waals surface area contributed by atoms with Gasteiger partial charge in [0, 0.05) is 30.8 Å². The summed E-state index contributed by atoms with van der Waals surface area (Å²) in [7, 11) is 0. The fraction of sp³-hybridized carbons (Fsp3) is 0.583. The van der Waals surface area contributed by atoms with Gasteiger partial charge in [0.1, 0.15) is 5.15 Å². The maximum absolute atomic E-state index is 9.15. The largest absolute Gasteiger partial charge is 0.396 e. The smallest absolute Gasteiger partial charge is 0.129 e. The van der Waals surface area contributed by atoms with Crippen molar-refractivity contribution in [2.75, 3.05) is 13.2 Å². The van der Waals surface area contributed by atoms with Crippen LogP contribution in [0.15, 0.2) is 18.3 Å². The number of aliphatic hydroxyl groups is 1. The van der Waals surface area contributed by atoms with E-state index in [9.17, 15) is 0 Å². The van der Waals surface area contributed by atoms with Crippen LogP contribution in [-0.2, 0) is 0 Å². The number of aromatic nitrogens is 1. The van der Waals surface area contributed by atoms with Gasteiger partial charge in [0.25, 0.3) is 0 Å². The summed E-state index contributed by atoms with van der Waals surface area (Å²) in [6.45, 7) is 7.03. The lowest BCUT2D eigenvalue weighted by atomic mass is 9.94. The number of rotatable bonds is 5. The highest BCUT2D eigenvalue weighted by atomic mass is 35.5. The van der Waals surface area contributed by atoms with E-state index in [4.69, 9.17) is 16.7 Å². The summed E-state index contributed by atoms with van der Waals surface area (Å²) in [5.41, 5.74) is 0.999. The van der Waals surface area contributed by atoms with E-state index in [1.165, 1.54) is 0 Å². The van der Waals surface area contributed by atoms with Gasteiger partial charge in [-0.2, -0.15) is 0 Å². The lowest BCUT2D eigenvalue weighted by molar-refractivity contribution is 0.154. The van der Waals surface area contributed by atoms with Gasteiger partial charge in [0.15, 0.2) is 0 Å².